The lowest BCUT2D eigenvalue weighted by Crippen LogP contribution is -2.45. The van der Waals surface area contributed by atoms with Gasteiger partial charge in [-0.15, -0.1) is 0 Å². The summed E-state index contributed by atoms with van der Waals surface area (Å²) >= 11 is 0. The van der Waals surface area contributed by atoms with E-state index in [0.717, 1.165) is 0 Å². The van der Waals surface area contributed by atoms with Crippen molar-refractivity contribution < 1.29 is 17.3 Å². The molecule has 0 aromatic carbocycles. The smallest absolute Gasteiger partial charge is 0.273 e. The highest BCUT2D eigenvalue weighted by atomic mass is 32.2. The first-order chi connectivity index (χ1) is 6.30. The number of hydrogen-bond acceptors (Lipinski definition) is 4. The van der Waals surface area contributed by atoms with E-state index in [-0.39, 0.29) is 17.6 Å². The van der Waals surface area contributed by atoms with Crippen LogP contribution in [-0.4, -0.2) is 31.0 Å². The van der Waals surface area contributed by atoms with Crippen LogP contribution in [0, 0.1) is 5.92 Å². The van der Waals surface area contributed by atoms with Crippen LogP contribution in [0.1, 0.15) is 27.2 Å². The SMILES string of the molecule is CC1C2OS(=O)(=O)C3CC1(C)OC23C. The Morgan fingerprint density at radius 1 is 1.36 bits per heavy atom. The zero-order valence-electron chi connectivity index (χ0n) is 8.48. The molecule has 3 aliphatic heterocycles. The van der Waals surface area contributed by atoms with Crippen LogP contribution in [0.3, 0.4) is 0 Å². The summed E-state index contributed by atoms with van der Waals surface area (Å²) < 4.78 is 34.4. The Balaban J connectivity index is 2.21. The molecule has 0 saturated carbocycles. The van der Waals surface area contributed by atoms with Gasteiger partial charge in [-0.3, -0.25) is 4.18 Å². The Kier molecular flexibility index (Phi) is 1.32. The Morgan fingerprint density at radius 3 is 2.50 bits per heavy atom. The summed E-state index contributed by atoms with van der Waals surface area (Å²) in [6.45, 7) is 5.86. The lowest BCUT2D eigenvalue weighted by molar-refractivity contribution is -0.0428. The minimum atomic E-state index is -3.39. The van der Waals surface area contributed by atoms with Gasteiger partial charge >= 0.3 is 0 Å². The highest BCUT2D eigenvalue weighted by molar-refractivity contribution is 7.87. The van der Waals surface area contributed by atoms with Crippen molar-refractivity contribution in [3.8, 4) is 0 Å². The Bertz CT molecular complexity index is 403. The molecule has 5 atom stereocenters. The summed E-state index contributed by atoms with van der Waals surface area (Å²) in [4.78, 5) is 0. The number of ether oxygens (including phenoxy) is 1. The third-order valence-electron chi connectivity index (χ3n) is 4.25. The predicted molar refractivity (Wildman–Crippen MR) is 49.3 cm³/mol. The van der Waals surface area contributed by atoms with Gasteiger partial charge in [0.15, 0.2) is 0 Å². The molecule has 80 valence electrons. The molecular formula is C9H14O4S. The zero-order chi connectivity index (χ0) is 10.4. The topological polar surface area (TPSA) is 52.6 Å². The van der Waals surface area contributed by atoms with E-state index in [9.17, 15) is 8.42 Å². The van der Waals surface area contributed by atoms with Crippen LogP contribution in [0.25, 0.3) is 0 Å². The van der Waals surface area contributed by atoms with Gasteiger partial charge < -0.3 is 4.74 Å². The van der Waals surface area contributed by atoms with E-state index < -0.39 is 21.0 Å². The second-order valence-electron chi connectivity index (χ2n) is 5.09. The molecule has 0 aliphatic carbocycles. The van der Waals surface area contributed by atoms with E-state index in [4.69, 9.17) is 8.92 Å². The van der Waals surface area contributed by atoms with Gasteiger partial charge in [0, 0.05) is 5.92 Å². The molecule has 0 aromatic rings. The highest BCUT2D eigenvalue weighted by Crippen LogP contribution is 2.61. The molecule has 3 saturated heterocycles. The normalized spacial score (nSPS) is 63.5. The zero-order valence-corrected chi connectivity index (χ0v) is 9.30. The predicted octanol–water partition coefficient (Wildman–Crippen LogP) is 0.671. The molecule has 4 nitrogen and oxygen atoms in total. The maximum atomic E-state index is 11.7. The van der Waals surface area contributed by atoms with Crippen molar-refractivity contribution >= 4 is 10.1 Å². The Hall–Kier alpha value is -0.130. The van der Waals surface area contributed by atoms with Crippen LogP contribution >= 0.6 is 0 Å². The second-order valence-corrected chi connectivity index (χ2v) is 6.84. The van der Waals surface area contributed by atoms with Crippen molar-refractivity contribution in [2.45, 2.75) is 49.7 Å². The van der Waals surface area contributed by atoms with Gasteiger partial charge in [-0.1, -0.05) is 6.92 Å². The maximum absolute atomic E-state index is 11.7. The van der Waals surface area contributed by atoms with Gasteiger partial charge in [0.25, 0.3) is 10.1 Å². The summed E-state index contributed by atoms with van der Waals surface area (Å²) in [6, 6.07) is 0. The largest absolute Gasteiger partial charge is 0.364 e. The molecule has 3 rings (SSSR count). The van der Waals surface area contributed by atoms with Gasteiger partial charge in [-0.2, -0.15) is 8.42 Å². The molecule has 0 amide bonds. The summed E-state index contributed by atoms with van der Waals surface area (Å²) in [5.74, 6) is 0.154. The average Bonchev–Trinajstić information content (AvgIpc) is 2.46. The lowest BCUT2D eigenvalue weighted by atomic mass is 9.74. The highest BCUT2D eigenvalue weighted by Gasteiger charge is 2.75. The van der Waals surface area contributed by atoms with Crippen molar-refractivity contribution in [1.82, 2.24) is 0 Å². The van der Waals surface area contributed by atoms with Crippen LogP contribution in [0.5, 0.6) is 0 Å². The molecule has 0 spiro atoms. The third kappa shape index (κ3) is 0.729. The quantitative estimate of drug-likeness (QED) is 0.561. The maximum Gasteiger partial charge on any atom is 0.273 e. The minimum absolute atomic E-state index is 0.154. The van der Waals surface area contributed by atoms with E-state index >= 15 is 0 Å². The van der Waals surface area contributed by atoms with E-state index in [1.165, 1.54) is 0 Å². The number of rotatable bonds is 0. The number of fused-ring (bicyclic) bond motifs is 1. The molecule has 0 aromatic heterocycles. The fraction of sp³-hybridized carbons (Fsp3) is 1.00. The summed E-state index contributed by atoms with van der Waals surface area (Å²) in [5.41, 5.74) is -0.916. The van der Waals surface area contributed by atoms with Crippen LogP contribution in [0.4, 0.5) is 0 Å². The standard InChI is InChI=1S/C9H14O4S/c1-5-7-9(3)6(14(10,11)12-7)4-8(5,2)13-9/h5-7H,4H2,1-3H3. The molecular weight excluding hydrogens is 204 g/mol. The molecule has 3 heterocycles. The molecule has 5 heteroatoms. The van der Waals surface area contributed by atoms with Crippen molar-refractivity contribution in [3.05, 3.63) is 0 Å². The van der Waals surface area contributed by atoms with Crippen molar-refractivity contribution in [2.75, 3.05) is 0 Å². The molecule has 14 heavy (non-hydrogen) atoms. The molecule has 3 fully saturated rings. The van der Waals surface area contributed by atoms with E-state index in [1.807, 2.05) is 20.8 Å². The summed E-state index contributed by atoms with van der Waals surface area (Å²) in [6.07, 6.45) is 0.292. The fourth-order valence-corrected chi connectivity index (χ4v) is 5.37. The van der Waals surface area contributed by atoms with Crippen LogP contribution < -0.4 is 0 Å². The van der Waals surface area contributed by atoms with Gasteiger partial charge in [0.05, 0.1) is 5.60 Å². The molecule has 0 N–H and O–H groups in total. The second kappa shape index (κ2) is 2.03. The van der Waals surface area contributed by atoms with E-state index in [1.54, 1.807) is 0 Å². The van der Waals surface area contributed by atoms with Gasteiger partial charge in [0.2, 0.25) is 0 Å². The molecule has 0 radical (unpaired) electrons. The van der Waals surface area contributed by atoms with Crippen LogP contribution in [-0.2, 0) is 19.0 Å². The van der Waals surface area contributed by atoms with Crippen molar-refractivity contribution in [1.29, 1.82) is 0 Å². The first-order valence-corrected chi connectivity index (χ1v) is 6.39. The first-order valence-electron chi connectivity index (χ1n) is 4.92. The monoisotopic (exact) mass is 218 g/mol. The minimum Gasteiger partial charge on any atom is -0.364 e. The van der Waals surface area contributed by atoms with E-state index in [0.29, 0.717) is 6.42 Å². The number of hydrogen-bond donors (Lipinski definition) is 0. The Morgan fingerprint density at radius 2 is 2.00 bits per heavy atom. The van der Waals surface area contributed by atoms with E-state index in [2.05, 4.69) is 0 Å². The first kappa shape index (κ1) is 9.12. The van der Waals surface area contributed by atoms with Crippen LogP contribution in [0.15, 0.2) is 0 Å². The van der Waals surface area contributed by atoms with Crippen molar-refractivity contribution in [3.63, 3.8) is 0 Å². The Labute approximate surface area is 83.7 Å². The van der Waals surface area contributed by atoms with Gasteiger partial charge in [-0.25, -0.2) is 0 Å². The van der Waals surface area contributed by atoms with Gasteiger partial charge in [-0.05, 0) is 20.3 Å². The molecule has 3 aliphatic rings. The molecule has 2 bridgehead atoms. The van der Waals surface area contributed by atoms with Crippen LogP contribution in [0.2, 0.25) is 0 Å². The lowest BCUT2D eigenvalue weighted by Gasteiger charge is -2.28. The average molecular weight is 218 g/mol. The summed E-state index contributed by atoms with van der Waals surface area (Å²) in [5, 5.41) is -0.457. The summed E-state index contributed by atoms with van der Waals surface area (Å²) in [7, 11) is -3.39. The van der Waals surface area contributed by atoms with Crippen molar-refractivity contribution in [2.24, 2.45) is 5.92 Å². The fourth-order valence-electron chi connectivity index (χ4n) is 3.30. The molecule has 5 unspecified atom stereocenters. The third-order valence-corrected chi connectivity index (χ3v) is 6.06. The van der Waals surface area contributed by atoms with Gasteiger partial charge in [0.1, 0.15) is 17.0 Å².